The molecule has 0 amide bonds. The van der Waals surface area contributed by atoms with Gasteiger partial charge in [-0.2, -0.15) is 9.72 Å². The minimum atomic E-state index is -1.09. The van der Waals surface area contributed by atoms with E-state index in [0.717, 1.165) is 35.1 Å². The molecule has 4 aromatic rings. The summed E-state index contributed by atoms with van der Waals surface area (Å²) in [6.45, 7) is 3.06. The fourth-order valence-electron chi connectivity index (χ4n) is 3.49. The lowest BCUT2D eigenvalue weighted by Gasteiger charge is -2.11. The summed E-state index contributed by atoms with van der Waals surface area (Å²) in [5.41, 5.74) is 3.68. The van der Waals surface area contributed by atoms with Crippen molar-refractivity contribution in [2.75, 3.05) is 5.32 Å². The molecule has 0 bridgehead atoms. The molecule has 168 valence electrons. The molecule has 2 aromatic carbocycles. The van der Waals surface area contributed by atoms with Crippen LogP contribution in [0.5, 0.6) is 0 Å². The van der Waals surface area contributed by atoms with Crippen LogP contribution in [-0.4, -0.2) is 30.8 Å². The molecule has 0 spiro atoms. The van der Waals surface area contributed by atoms with Crippen LogP contribution in [0.15, 0.2) is 70.4 Å². The van der Waals surface area contributed by atoms with Crippen molar-refractivity contribution in [2.45, 2.75) is 32.9 Å². The second kappa shape index (κ2) is 9.90. The molecular weight excluding hydrogens is 422 g/mol. The minimum Gasteiger partial charge on any atom is -0.477 e. The number of rotatable bonds is 9. The van der Waals surface area contributed by atoms with Crippen LogP contribution in [0.3, 0.4) is 0 Å². The van der Waals surface area contributed by atoms with Gasteiger partial charge in [-0.3, -0.25) is 0 Å². The first-order chi connectivity index (χ1) is 16.1. The quantitative estimate of drug-likeness (QED) is 0.395. The van der Waals surface area contributed by atoms with Gasteiger partial charge in [0.1, 0.15) is 17.7 Å². The zero-order valence-electron chi connectivity index (χ0n) is 18.1. The minimum absolute atomic E-state index is 0.0183. The maximum atomic E-state index is 11.8. The molecule has 0 saturated heterocycles. The van der Waals surface area contributed by atoms with Gasteiger partial charge in [0, 0.05) is 18.3 Å². The van der Waals surface area contributed by atoms with Gasteiger partial charge in [0.05, 0.1) is 6.54 Å². The Bertz CT molecular complexity index is 1310. The number of nitrogens with zero attached hydrogens (tertiary/aromatic N) is 4. The molecule has 0 unspecified atom stereocenters. The standard InChI is InChI=1S/C24H23N5O4/c1-2-3-12-29-22(28-24(32)33-29)19-7-5-4-6-18(19)17-10-8-16(9-11-17)13-26-21-20(23(30)31)14-25-15-27-21/h4-11,14-15H,2-3,12-13H2,1H3,(H,30,31)(H,25,26,27). The summed E-state index contributed by atoms with van der Waals surface area (Å²) in [5, 5.41) is 12.3. The Morgan fingerprint density at radius 1 is 1.12 bits per heavy atom. The molecule has 0 fully saturated rings. The average molecular weight is 445 g/mol. The molecule has 2 heterocycles. The fourth-order valence-corrected chi connectivity index (χ4v) is 3.49. The lowest BCUT2D eigenvalue weighted by atomic mass is 9.98. The first-order valence-electron chi connectivity index (χ1n) is 10.6. The number of aryl methyl sites for hydroxylation is 1. The van der Waals surface area contributed by atoms with E-state index in [4.69, 9.17) is 4.52 Å². The summed E-state index contributed by atoms with van der Waals surface area (Å²) in [6.07, 6.45) is 4.42. The highest BCUT2D eigenvalue weighted by molar-refractivity contribution is 5.92. The summed E-state index contributed by atoms with van der Waals surface area (Å²) in [5.74, 6) is -0.916. The van der Waals surface area contributed by atoms with Gasteiger partial charge in [0.25, 0.3) is 0 Å². The van der Waals surface area contributed by atoms with E-state index >= 15 is 0 Å². The Morgan fingerprint density at radius 2 is 1.88 bits per heavy atom. The van der Waals surface area contributed by atoms with Crippen molar-refractivity contribution < 1.29 is 14.4 Å². The Kier molecular flexibility index (Phi) is 6.58. The molecule has 9 heteroatoms. The van der Waals surface area contributed by atoms with Crippen molar-refractivity contribution in [3.63, 3.8) is 0 Å². The van der Waals surface area contributed by atoms with Crippen LogP contribution >= 0.6 is 0 Å². The van der Waals surface area contributed by atoms with E-state index in [9.17, 15) is 14.7 Å². The topological polar surface area (TPSA) is 123 Å². The molecule has 0 aliphatic heterocycles. The molecule has 0 aliphatic carbocycles. The molecule has 0 saturated carbocycles. The van der Waals surface area contributed by atoms with Gasteiger partial charge in [-0.15, -0.1) is 0 Å². The van der Waals surface area contributed by atoms with Crippen LogP contribution in [0.4, 0.5) is 5.82 Å². The smallest absolute Gasteiger partial charge is 0.460 e. The molecular formula is C24H23N5O4. The van der Waals surface area contributed by atoms with Crippen LogP contribution in [0, 0.1) is 0 Å². The molecule has 0 atom stereocenters. The first-order valence-corrected chi connectivity index (χ1v) is 10.6. The molecule has 0 radical (unpaired) electrons. The van der Waals surface area contributed by atoms with Gasteiger partial charge in [0.2, 0.25) is 0 Å². The summed E-state index contributed by atoms with van der Waals surface area (Å²) in [7, 11) is 0. The summed E-state index contributed by atoms with van der Waals surface area (Å²) >= 11 is 0. The monoisotopic (exact) mass is 445 g/mol. The van der Waals surface area contributed by atoms with E-state index in [-0.39, 0.29) is 11.4 Å². The van der Waals surface area contributed by atoms with E-state index in [2.05, 4.69) is 27.2 Å². The van der Waals surface area contributed by atoms with Gasteiger partial charge in [-0.05, 0) is 23.1 Å². The van der Waals surface area contributed by atoms with Crippen molar-refractivity contribution >= 4 is 11.8 Å². The number of carbonyl (C=O) groups is 1. The lowest BCUT2D eigenvalue weighted by Crippen LogP contribution is -2.08. The van der Waals surface area contributed by atoms with Crippen molar-refractivity contribution in [3.8, 4) is 22.5 Å². The van der Waals surface area contributed by atoms with Gasteiger partial charge in [0.15, 0.2) is 5.82 Å². The largest absolute Gasteiger partial charge is 0.477 e. The average Bonchev–Trinajstić information content (AvgIpc) is 3.22. The van der Waals surface area contributed by atoms with E-state index in [1.807, 2.05) is 48.5 Å². The summed E-state index contributed by atoms with van der Waals surface area (Å²) in [4.78, 5) is 35.0. The Labute approximate surface area is 189 Å². The normalized spacial score (nSPS) is 10.8. The highest BCUT2D eigenvalue weighted by atomic mass is 16.5. The Hall–Kier alpha value is -4.27. The number of anilines is 1. The Morgan fingerprint density at radius 3 is 2.61 bits per heavy atom. The number of carboxylic acids is 1. The predicted molar refractivity (Wildman–Crippen MR) is 123 cm³/mol. The second-order valence-electron chi connectivity index (χ2n) is 7.43. The fraction of sp³-hybridized carbons (Fsp3) is 0.208. The van der Waals surface area contributed by atoms with Gasteiger partial charge in [-0.1, -0.05) is 61.9 Å². The number of aromatic nitrogens is 4. The predicted octanol–water partition coefficient (Wildman–Crippen LogP) is 4.07. The molecule has 33 heavy (non-hydrogen) atoms. The molecule has 9 nitrogen and oxygen atoms in total. The van der Waals surface area contributed by atoms with Crippen LogP contribution in [0.2, 0.25) is 0 Å². The zero-order valence-corrected chi connectivity index (χ0v) is 18.1. The van der Waals surface area contributed by atoms with Gasteiger partial charge < -0.3 is 14.9 Å². The van der Waals surface area contributed by atoms with E-state index in [0.29, 0.717) is 18.9 Å². The number of nitrogens with one attached hydrogen (secondary N) is 1. The van der Waals surface area contributed by atoms with Gasteiger partial charge in [-0.25, -0.2) is 19.6 Å². The van der Waals surface area contributed by atoms with Crippen LogP contribution < -0.4 is 11.1 Å². The molecule has 2 N–H and O–H groups in total. The first kappa shape index (κ1) is 21.9. The molecule has 0 aliphatic rings. The zero-order chi connectivity index (χ0) is 23.2. The number of hydrogen-bond donors (Lipinski definition) is 2. The third kappa shape index (κ3) is 4.98. The van der Waals surface area contributed by atoms with E-state index in [1.165, 1.54) is 12.5 Å². The summed E-state index contributed by atoms with van der Waals surface area (Å²) < 4.78 is 6.83. The number of aromatic carboxylic acids is 1. The van der Waals surface area contributed by atoms with Crippen molar-refractivity contribution in [1.82, 2.24) is 19.7 Å². The van der Waals surface area contributed by atoms with Crippen LogP contribution in [0.1, 0.15) is 35.7 Å². The van der Waals surface area contributed by atoms with E-state index in [1.54, 1.807) is 4.74 Å². The number of unbranched alkanes of at least 4 members (excludes halogenated alkanes) is 1. The third-order valence-electron chi connectivity index (χ3n) is 5.17. The number of benzene rings is 2. The number of carboxylic acid groups (broad SMARTS) is 1. The summed E-state index contributed by atoms with van der Waals surface area (Å²) in [6, 6.07) is 15.6. The van der Waals surface area contributed by atoms with Crippen LogP contribution in [0.25, 0.3) is 22.5 Å². The highest BCUT2D eigenvalue weighted by Gasteiger charge is 2.16. The maximum Gasteiger partial charge on any atom is 0.460 e. The van der Waals surface area contributed by atoms with Crippen molar-refractivity contribution in [1.29, 1.82) is 0 Å². The second-order valence-corrected chi connectivity index (χ2v) is 7.43. The van der Waals surface area contributed by atoms with Crippen LogP contribution in [-0.2, 0) is 13.1 Å². The lowest BCUT2D eigenvalue weighted by molar-refractivity contribution is 0.0697. The SMILES string of the molecule is CCCCn1oc(=O)nc1-c1ccccc1-c1ccc(CNc2ncncc2C(=O)O)cc1. The third-order valence-corrected chi connectivity index (χ3v) is 5.17. The van der Waals surface area contributed by atoms with E-state index < -0.39 is 11.7 Å². The number of hydrogen-bond acceptors (Lipinski definition) is 7. The molecule has 4 rings (SSSR count). The molecule has 2 aromatic heterocycles. The highest BCUT2D eigenvalue weighted by Crippen LogP contribution is 2.31. The maximum absolute atomic E-state index is 11.8. The van der Waals surface area contributed by atoms with Gasteiger partial charge >= 0.3 is 11.7 Å². The Balaban J connectivity index is 1.58. The van der Waals surface area contributed by atoms with Crippen molar-refractivity contribution in [2.24, 2.45) is 0 Å². The van der Waals surface area contributed by atoms with Crippen molar-refractivity contribution in [3.05, 3.63) is 82.7 Å².